The number of carbonyl (C=O) groups is 1. The fourth-order valence-electron chi connectivity index (χ4n) is 1.80. The number of ether oxygens (including phenoxy) is 2. The molecule has 1 aromatic carbocycles. The van der Waals surface area contributed by atoms with Crippen LogP contribution < -0.4 is 9.47 Å². The molecule has 19 heavy (non-hydrogen) atoms. The van der Waals surface area contributed by atoms with Crippen molar-refractivity contribution in [3.63, 3.8) is 0 Å². The quantitative estimate of drug-likeness (QED) is 0.928. The van der Waals surface area contributed by atoms with Crippen molar-refractivity contribution in [2.24, 2.45) is 0 Å². The molecular weight excluding hydrogens is 334 g/mol. The molecule has 98 valence electrons. The highest BCUT2D eigenvalue weighted by Gasteiger charge is 2.29. The van der Waals surface area contributed by atoms with Gasteiger partial charge in [0.25, 0.3) is 5.19 Å². The summed E-state index contributed by atoms with van der Waals surface area (Å²) in [4.78, 5) is 15.0. The highest BCUT2D eigenvalue weighted by Crippen LogP contribution is 2.35. The van der Waals surface area contributed by atoms with Gasteiger partial charge in [-0.15, -0.1) is 0 Å². The zero-order valence-electron chi connectivity index (χ0n) is 9.50. The zero-order valence-corrected chi connectivity index (χ0v) is 11.9. The number of benzene rings is 1. The van der Waals surface area contributed by atoms with Gasteiger partial charge in [-0.25, -0.2) is 4.79 Å². The Balaban J connectivity index is 1.80. The SMILES string of the molecule is O=C(O)C1Cc2ccc(Oc3nc(Br)cs3)cc2O1. The van der Waals surface area contributed by atoms with Crippen molar-refractivity contribution in [2.75, 3.05) is 0 Å². The molecule has 1 aromatic heterocycles. The molecule has 1 N–H and O–H groups in total. The molecule has 0 spiro atoms. The Morgan fingerprint density at radius 1 is 1.58 bits per heavy atom. The van der Waals surface area contributed by atoms with Gasteiger partial charge >= 0.3 is 5.97 Å². The summed E-state index contributed by atoms with van der Waals surface area (Å²) < 4.78 is 11.6. The first-order valence-corrected chi connectivity index (χ1v) is 7.10. The van der Waals surface area contributed by atoms with Crippen molar-refractivity contribution in [1.29, 1.82) is 0 Å². The van der Waals surface area contributed by atoms with Crippen LogP contribution in [-0.2, 0) is 11.2 Å². The zero-order chi connectivity index (χ0) is 13.4. The summed E-state index contributed by atoms with van der Waals surface area (Å²) in [6.45, 7) is 0. The molecule has 5 nitrogen and oxygen atoms in total. The van der Waals surface area contributed by atoms with E-state index in [9.17, 15) is 4.79 Å². The van der Waals surface area contributed by atoms with Gasteiger partial charge in [-0.3, -0.25) is 0 Å². The Bertz CT molecular complexity index is 642. The van der Waals surface area contributed by atoms with Crippen LogP contribution in [0.1, 0.15) is 5.56 Å². The van der Waals surface area contributed by atoms with E-state index in [0.717, 1.165) is 10.2 Å². The Hall–Kier alpha value is -1.60. The number of aliphatic carboxylic acids is 1. The molecule has 7 heteroatoms. The molecule has 1 unspecified atom stereocenters. The normalized spacial score (nSPS) is 16.8. The summed E-state index contributed by atoms with van der Waals surface area (Å²) in [7, 11) is 0. The van der Waals surface area contributed by atoms with Crippen molar-refractivity contribution in [3.05, 3.63) is 33.7 Å². The molecule has 1 atom stereocenters. The lowest BCUT2D eigenvalue weighted by atomic mass is 10.1. The molecule has 2 aromatic rings. The molecule has 0 bridgehead atoms. The summed E-state index contributed by atoms with van der Waals surface area (Å²) in [5, 5.41) is 11.3. The van der Waals surface area contributed by atoms with Crippen molar-refractivity contribution in [3.8, 4) is 16.7 Å². The lowest BCUT2D eigenvalue weighted by Crippen LogP contribution is -2.24. The van der Waals surface area contributed by atoms with Gasteiger partial charge < -0.3 is 14.6 Å². The molecule has 0 saturated carbocycles. The largest absolute Gasteiger partial charge is 0.478 e. The van der Waals surface area contributed by atoms with Gasteiger partial charge in [0.05, 0.1) is 0 Å². The van der Waals surface area contributed by atoms with Crippen molar-refractivity contribution in [1.82, 2.24) is 4.98 Å². The van der Waals surface area contributed by atoms with Crippen LogP contribution in [0.4, 0.5) is 0 Å². The van der Waals surface area contributed by atoms with Gasteiger partial charge in [-0.05, 0) is 27.6 Å². The Labute approximate surface area is 120 Å². The molecule has 0 saturated heterocycles. The van der Waals surface area contributed by atoms with Gasteiger partial charge in [0.2, 0.25) is 0 Å². The van der Waals surface area contributed by atoms with E-state index in [-0.39, 0.29) is 0 Å². The lowest BCUT2D eigenvalue weighted by Gasteiger charge is -2.05. The topological polar surface area (TPSA) is 68.7 Å². The van der Waals surface area contributed by atoms with Crippen molar-refractivity contribution >= 4 is 33.2 Å². The van der Waals surface area contributed by atoms with E-state index in [1.165, 1.54) is 11.3 Å². The van der Waals surface area contributed by atoms with Gasteiger partial charge in [-0.2, -0.15) is 4.98 Å². The molecule has 0 fully saturated rings. The number of thiazole rings is 1. The van der Waals surface area contributed by atoms with E-state index in [1.807, 2.05) is 11.4 Å². The number of halogens is 1. The summed E-state index contributed by atoms with van der Waals surface area (Å²) >= 11 is 4.62. The minimum absolute atomic E-state index is 0.383. The second-order valence-electron chi connectivity index (χ2n) is 3.96. The van der Waals surface area contributed by atoms with Crippen LogP contribution in [0.3, 0.4) is 0 Å². The van der Waals surface area contributed by atoms with Gasteiger partial charge in [0.1, 0.15) is 16.1 Å². The van der Waals surface area contributed by atoms with Crippen LogP contribution in [0.25, 0.3) is 0 Å². The van der Waals surface area contributed by atoms with Crippen LogP contribution >= 0.6 is 27.3 Å². The van der Waals surface area contributed by atoms with Crippen LogP contribution in [0.2, 0.25) is 0 Å². The number of fused-ring (bicyclic) bond motifs is 1. The first-order valence-electron chi connectivity index (χ1n) is 5.43. The number of hydrogen-bond donors (Lipinski definition) is 1. The van der Waals surface area contributed by atoms with E-state index in [0.29, 0.717) is 23.1 Å². The molecule has 1 aliphatic heterocycles. The van der Waals surface area contributed by atoms with Crippen LogP contribution in [0, 0.1) is 0 Å². The number of rotatable bonds is 3. The van der Waals surface area contributed by atoms with Gasteiger partial charge in [-0.1, -0.05) is 17.4 Å². The minimum atomic E-state index is -0.956. The van der Waals surface area contributed by atoms with Crippen LogP contribution in [0.15, 0.2) is 28.2 Å². The Kier molecular flexibility index (Phi) is 3.16. The number of nitrogens with zero attached hydrogens (tertiary/aromatic N) is 1. The highest BCUT2D eigenvalue weighted by atomic mass is 79.9. The average molecular weight is 342 g/mol. The molecule has 0 amide bonds. The predicted molar refractivity (Wildman–Crippen MR) is 72.1 cm³/mol. The molecule has 3 rings (SSSR count). The Morgan fingerprint density at radius 3 is 3.11 bits per heavy atom. The third-order valence-corrected chi connectivity index (χ3v) is 4.08. The molecule has 0 aliphatic carbocycles. The second-order valence-corrected chi connectivity index (χ2v) is 5.59. The van der Waals surface area contributed by atoms with Gasteiger partial charge in [0.15, 0.2) is 6.10 Å². The monoisotopic (exact) mass is 341 g/mol. The molecule has 1 aliphatic rings. The standard InChI is InChI=1S/C12H8BrNO4S/c13-10-5-19-12(14-10)17-7-2-1-6-3-9(11(15)16)18-8(6)4-7/h1-2,4-5,9H,3H2,(H,15,16). The number of carboxylic acid groups (broad SMARTS) is 1. The third kappa shape index (κ3) is 2.57. The lowest BCUT2D eigenvalue weighted by molar-refractivity contribution is -0.144. The van der Waals surface area contributed by atoms with E-state index in [4.69, 9.17) is 14.6 Å². The summed E-state index contributed by atoms with van der Waals surface area (Å²) in [6, 6.07) is 5.28. The van der Waals surface area contributed by atoms with Crippen molar-refractivity contribution in [2.45, 2.75) is 12.5 Å². The third-order valence-electron chi connectivity index (χ3n) is 2.65. The van der Waals surface area contributed by atoms with E-state index >= 15 is 0 Å². The maximum absolute atomic E-state index is 10.9. The van der Waals surface area contributed by atoms with E-state index in [2.05, 4.69) is 20.9 Å². The number of aromatic nitrogens is 1. The summed E-state index contributed by atoms with van der Waals surface area (Å²) in [5.74, 6) is 0.176. The fraction of sp³-hybridized carbons (Fsp3) is 0.167. The van der Waals surface area contributed by atoms with Crippen LogP contribution in [0.5, 0.6) is 16.7 Å². The fourth-order valence-corrected chi connectivity index (χ4v) is 2.90. The first kappa shape index (κ1) is 12.4. The summed E-state index contributed by atoms with van der Waals surface area (Å²) in [5.41, 5.74) is 0.875. The maximum Gasteiger partial charge on any atom is 0.345 e. The second kappa shape index (κ2) is 4.82. The smallest absolute Gasteiger partial charge is 0.345 e. The van der Waals surface area contributed by atoms with Gasteiger partial charge in [0, 0.05) is 17.9 Å². The average Bonchev–Trinajstić information content (AvgIpc) is 2.95. The number of carboxylic acids is 1. The van der Waals surface area contributed by atoms with Crippen molar-refractivity contribution < 1.29 is 19.4 Å². The minimum Gasteiger partial charge on any atom is -0.478 e. The Morgan fingerprint density at radius 2 is 2.42 bits per heavy atom. The maximum atomic E-state index is 10.9. The van der Waals surface area contributed by atoms with E-state index < -0.39 is 12.1 Å². The first-order chi connectivity index (χ1) is 9.11. The molecular formula is C12H8BrNO4S. The predicted octanol–water partition coefficient (Wildman–Crippen LogP) is 3.09. The van der Waals surface area contributed by atoms with E-state index in [1.54, 1.807) is 12.1 Å². The molecule has 0 radical (unpaired) electrons. The summed E-state index contributed by atoms with van der Waals surface area (Å²) in [6.07, 6.45) is -0.424. The van der Waals surface area contributed by atoms with Crippen LogP contribution in [-0.4, -0.2) is 22.2 Å². The highest BCUT2D eigenvalue weighted by molar-refractivity contribution is 9.10. The molecule has 2 heterocycles. The number of hydrogen-bond acceptors (Lipinski definition) is 5.